The Morgan fingerprint density at radius 2 is 0.662 bits per heavy atom. The molecule has 2 aliphatic rings. The lowest BCUT2D eigenvalue weighted by Crippen LogP contribution is -2.61. The Balaban J connectivity index is 0.999. The van der Waals surface area contributed by atoms with E-state index in [4.69, 9.17) is 0 Å². The lowest BCUT2D eigenvalue weighted by Gasteiger charge is -2.45. The van der Waals surface area contributed by atoms with Gasteiger partial charge in [0.1, 0.15) is 0 Å². The van der Waals surface area contributed by atoms with Crippen molar-refractivity contribution >= 4 is 122 Å². The molecule has 0 saturated carbocycles. The van der Waals surface area contributed by atoms with Crippen LogP contribution in [0.15, 0.2) is 291 Å². The maximum atomic E-state index is 2.61. The molecule has 14 aromatic carbocycles. The third-order valence-electron chi connectivity index (χ3n) is 17.2. The van der Waals surface area contributed by atoms with Crippen molar-refractivity contribution in [1.82, 2.24) is 4.57 Å². The van der Waals surface area contributed by atoms with Gasteiger partial charge in [0.15, 0.2) is 0 Å². The summed E-state index contributed by atoms with van der Waals surface area (Å²) in [6, 6.07) is 109. The van der Waals surface area contributed by atoms with Gasteiger partial charge in [-0.05, 0) is 173 Å². The summed E-state index contributed by atoms with van der Waals surface area (Å²) < 4.78 is 2.41. The summed E-state index contributed by atoms with van der Waals surface area (Å²) >= 11 is 0. The summed E-state index contributed by atoms with van der Waals surface area (Å²) in [7, 11) is 0. The highest BCUT2D eigenvalue weighted by Gasteiger charge is 2.45. The lowest BCUT2D eigenvalue weighted by atomic mass is 9.33. The highest BCUT2D eigenvalue weighted by molar-refractivity contribution is 7.00. The van der Waals surface area contributed by atoms with Crippen molar-refractivity contribution in [2.45, 2.75) is 0 Å². The third-order valence-corrected chi connectivity index (χ3v) is 17.2. The van der Waals surface area contributed by atoms with E-state index in [2.05, 4.69) is 306 Å². The van der Waals surface area contributed by atoms with E-state index in [1.54, 1.807) is 0 Å². The van der Waals surface area contributed by atoms with Crippen molar-refractivity contribution in [3.8, 4) is 39.1 Å². The van der Waals surface area contributed by atoms with Gasteiger partial charge < -0.3 is 14.4 Å². The Kier molecular flexibility index (Phi) is 9.81. The summed E-state index contributed by atoms with van der Waals surface area (Å²) in [5, 5.41) is 12.3. The topological polar surface area (TPSA) is 11.4 Å². The Hall–Kier alpha value is -10.4. The predicted molar refractivity (Wildman–Crippen MR) is 341 cm³/mol. The molecule has 0 radical (unpaired) electrons. The Labute approximate surface area is 464 Å². The van der Waals surface area contributed by atoms with Gasteiger partial charge in [0.25, 0.3) is 6.71 Å². The van der Waals surface area contributed by atoms with Gasteiger partial charge in [-0.2, -0.15) is 0 Å². The molecule has 370 valence electrons. The second kappa shape index (κ2) is 17.6. The number of benzene rings is 14. The van der Waals surface area contributed by atoms with Gasteiger partial charge >= 0.3 is 0 Å². The first-order valence-electron chi connectivity index (χ1n) is 27.8. The largest absolute Gasteiger partial charge is 0.311 e. The molecule has 15 aromatic rings. The van der Waals surface area contributed by atoms with Crippen LogP contribution in [-0.4, -0.2) is 11.3 Å². The molecule has 0 unspecified atom stereocenters. The SMILES string of the molecule is c1ccc(-c2ccc(N3c4cc(-c5ccc6c(c5)c5ccccc5n6-c5ccccc5)cc5c4B(c4ccc6cc7ccccc7cc6c43)c3ccc4cc6ccccc6cc4c3N5c3ccc(-c4ccccc4)cc3)cc2)cc1. The van der Waals surface area contributed by atoms with Crippen LogP contribution in [-0.2, 0) is 0 Å². The maximum Gasteiger partial charge on any atom is 0.252 e. The molecule has 0 spiro atoms. The molecule has 0 bridgehead atoms. The fourth-order valence-corrected chi connectivity index (χ4v) is 13.6. The molecule has 17 rings (SSSR count). The van der Waals surface area contributed by atoms with E-state index in [9.17, 15) is 0 Å². The molecule has 0 amide bonds. The van der Waals surface area contributed by atoms with Crippen molar-refractivity contribution in [1.29, 1.82) is 0 Å². The second-order valence-electron chi connectivity index (χ2n) is 21.6. The van der Waals surface area contributed by atoms with Gasteiger partial charge in [0.2, 0.25) is 0 Å². The molecule has 0 aliphatic carbocycles. The maximum absolute atomic E-state index is 2.61. The fraction of sp³-hybridized carbons (Fsp3) is 0. The van der Waals surface area contributed by atoms with Gasteiger partial charge in [-0.1, -0.05) is 200 Å². The number of anilines is 6. The van der Waals surface area contributed by atoms with Gasteiger partial charge in [-0.25, -0.2) is 0 Å². The summed E-state index contributed by atoms with van der Waals surface area (Å²) in [6.07, 6.45) is 0. The molecular weight excluding hydrogens is 966 g/mol. The normalized spacial score (nSPS) is 12.7. The van der Waals surface area contributed by atoms with E-state index >= 15 is 0 Å². The molecule has 4 heteroatoms. The number of hydrogen-bond acceptors (Lipinski definition) is 2. The highest BCUT2D eigenvalue weighted by atomic mass is 15.2. The average molecular weight is 1010 g/mol. The quantitative estimate of drug-likeness (QED) is 0.121. The third kappa shape index (κ3) is 6.82. The van der Waals surface area contributed by atoms with Crippen molar-refractivity contribution in [3.05, 3.63) is 291 Å². The monoisotopic (exact) mass is 1010 g/mol. The van der Waals surface area contributed by atoms with Crippen molar-refractivity contribution in [2.75, 3.05) is 9.80 Å². The van der Waals surface area contributed by atoms with Crippen molar-refractivity contribution < 1.29 is 0 Å². The second-order valence-corrected chi connectivity index (χ2v) is 21.6. The fourth-order valence-electron chi connectivity index (χ4n) is 13.6. The van der Waals surface area contributed by atoms with Gasteiger partial charge in [-0.15, -0.1) is 0 Å². The van der Waals surface area contributed by atoms with E-state index in [1.165, 1.54) is 126 Å². The number of hydrogen-bond donors (Lipinski definition) is 0. The zero-order chi connectivity index (χ0) is 52.4. The van der Waals surface area contributed by atoms with Crippen molar-refractivity contribution in [2.24, 2.45) is 0 Å². The van der Waals surface area contributed by atoms with Crippen LogP contribution in [0.4, 0.5) is 34.1 Å². The molecular formula is C76H48BN3. The predicted octanol–water partition coefficient (Wildman–Crippen LogP) is 18.5. The number of rotatable bonds is 6. The molecule has 80 heavy (non-hydrogen) atoms. The Morgan fingerprint density at radius 3 is 1.19 bits per heavy atom. The zero-order valence-electron chi connectivity index (χ0n) is 43.6. The highest BCUT2D eigenvalue weighted by Crippen LogP contribution is 2.50. The van der Waals surface area contributed by atoms with E-state index in [1.807, 2.05) is 0 Å². The summed E-state index contributed by atoms with van der Waals surface area (Å²) in [4.78, 5) is 5.21. The average Bonchev–Trinajstić information content (AvgIpc) is 3.94. The van der Waals surface area contributed by atoms with E-state index in [0.717, 1.165) is 28.2 Å². The van der Waals surface area contributed by atoms with Crippen molar-refractivity contribution in [3.63, 3.8) is 0 Å². The van der Waals surface area contributed by atoms with Crippen LogP contribution in [0.2, 0.25) is 0 Å². The Bertz CT molecular complexity index is 4760. The van der Waals surface area contributed by atoms with Crippen LogP contribution in [0.3, 0.4) is 0 Å². The number of para-hydroxylation sites is 2. The summed E-state index contributed by atoms with van der Waals surface area (Å²) in [6.45, 7) is -0.100. The number of nitrogens with zero attached hydrogens (tertiary/aromatic N) is 3. The van der Waals surface area contributed by atoms with Gasteiger partial charge in [-0.3, -0.25) is 0 Å². The van der Waals surface area contributed by atoms with Crippen LogP contribution in [0.1, 0.15) is 0 Å². The molecule has 0 atom stereocenters. The van der Waals surface area contributed by atoms with Gasteiger partial charge in [0.05, 0.1) is 11.0 Å². The molecule has 0 N–H and O–H groups in total. The molecule has 1 aromatic heterocycles. The Morgan fingerprint density at radius 1 is 0.237 bits per heavy atom. The molecule has 0 saturated heterocycles. The minimum Gasteiger partial charge on any atom is -0.311 e. The minimum atomic E-state index is -0.100. The van der Waals surface area contributed by atoms with E-state index in [0.29, 0.717) is 0 Å². The first kappa shape index (κ1) is 44.7. The first-order chi connectivity index (χ1) is 39.7. The van der Waals surface area contributed by atoms with Crippen LogP contribution >= 0.6 is 0 Å². The minimum absolute atomic E-state index is 0.100. The van der Waals surface area contributed by atoms with E-state index in [-0.39, 0.29) is 6.71 Å². The number of fused-ring (bicyclic) bond motifs is 13. The summed E-state index contributed by atoms with van der Waals surface area (Å²) in [5.74, 6) is 0. The smallest absolute Gasteiger partial charge is 0.252 e. The first-order valence-corrected chi connectivity index (χ1v) is 27.8. The van der Waals surface area contributed by atoms with Gasteiger partial charge in [0, 0.05) is 61.4 Å². The number of aromatic nitrogens is 1. The zero-order valence-corrected chi connectivity index (χ0v) is 43.6. The molecule has 3 nitrogen and oxygen atoms in total. The van der Waals surface area contributed by atoms with Crippen LogP contribution in [0.25, 0.3) is 104 Å². The van der Waals surface area contributed by atoms with E-state index < -0.39 is 0 Å². The lowest BCUT2D eigenvalue weighted by molar-refractivity contribution is 1.18. The molecule has 3 heterocycles. The molecule has 2 aliphatic heterocycles. The van der Waals surface area contributed by atoms with Crippen LogP contribution in [0.5, 0.6) is 0 Å². The molecule has 0 fully saturated rings. The standard InChI is InChI=1S/C76H48BN3/c1-4-16-49(17-5-1)51-28-35-62(36-29-51)79-72-47-60(57-34-41-71-67(46-57)64-26-14-15-27-70(64)78(71)61-24-8-3-9-25-61)48-73-74(72)77(68-39-32-58-42-53-20-10-12-22-55(53)44-65(58)75(68)79)69-40-33-59-43-54-21-11-13-23-56(54)45-66(59)76(69)80(73)63-37-30-52(31-38-63)50-18-6-2-7-19-50/h1-48H. The van der Waals surface area contributed by atoms with Crippen LogP contribution < -0.4 is 26.2 Å². The summed E-state index contributed by atoms with van der Waals surface area (Å²) in [5.41, 5.74) is 21.5. The van der Waals surface area contributed by atoms with Crippen LogP contribution in [0, 0.1) is 0 Å².